The molecule has 0 rings (SSSR count). The van der Waals surface area contributed by atoms with E-state index in [2.05, 4.69) is 19.2 Å². The van der Waals surface area contributed by atoms with Gasteiger partial charge in [-0.25, -0.2) is 4.57 Å². The van der Waals surface area contributed by atoms with Crippen LogP contribution < -0.4 is 11.1 Å². The van der Waals surface area contributed by atoms with Crippen molar-refractivity contribution in [3.63, 3.8) is 0 Å². The van der Waals surface area contributed by atoms with Crippen molar-refractivity contribution in [2.24, 2.45) is 5.73 Å². The largest absolute Gasteiger partial charge is 0.472 e. The minimum atomic E-state index is -4.30. The molecule has 1 unspecified atom stereocenters. The maximum absolute atomic E-state index is 12.8. The number of nitrogens with one attached hydrogen (secondary N) is 1. The summed E-state index contributed by atoms with van der Waals surface area (Å²) in [6, 6.07) is -0.766. The fraction of sp³-hybridized carbons (Fsp3) is 0.977. The summed E-state index contributed by atoms with van der Waals surface area (Å²) in [5, 5.41) is 13.7. The first-order valence-corrected chi connectivity index (χ1v) is 24.6. The number of phosphoric ester groups is 1. The minimum absolute atomic E-state index is 0.0922. The van der Waals surface area contributed by atoms with Gasteiger partial charge in [-0.2, -0.15) is 0 Å². The number of rotatable bonds is 44. The fourth-order valence-corrected chi connectivity index (χ4v) is 7.96. The predicted molar refractivity (Wildman–Crippen MR) is 226 cm³/mol. The average molecular weight is 775 g/mol. The summed E-state index contributed by atoms with van der Waals surface area (Å²) in [5.74, 6) is -0.158. The van der Waals surface area contributed by atoms with Crippen molar-refractivity contribution in [2.75, 3.05) is 19.8 Å². The Bertz CT molecular complexity index is 804. The summed E-state index contributed by atoms with van der Waals surface area (Å²) < 4.78 is 22.1. The van der Waals surface area contributed by atoms with E-state index in [-0.39, 0.29) is 25.7 Å². The van der Waals surface area contributed by atoms with Crippen LogP contribution >= 0.6 is 7.82 Å². The van der Waals surface area contributed by atoms with Gasteiger partial charge < -0.3 is 21.1 Å². The van der Waals surface area contributed by atoms with E-state index in [1.165, 1.54) is 180 Å². The Kier molecular flexibility index (Phi) is 40.8. The average Bonchev–Trinajstić information content (AvgIpc) is 3.14. The number of aliphatic hydroxyl groups is 1. The van der Waals surface area contributed by atoms with Crippen LogP contribution in [0.15, 0.2) is 0 Å². The number of hydrogen-bond donors (Lipinski definition) is 4. The molecule has 9 heteroatoms. The molecule has 0 saturated carbocycles. The highest BCUT2D eigenvalue weighted by molar-refractivity contribution is 7.47. The molecule has 8 nitrogen and oxygen atoms in total. The molecule has 0 aromatic carbocycles. The van der Waals surface area contributed by atoms with Crippen molar-refractivity contribution < 1.29 is 28.4 Å². The Morgan fingerprint density at radius 1 is 0.547 bits per heavy atom. The van der Waals surface area contributed by atoms with Crippen molar-refractivity contribution >= 4 is 13.7 Å². The van der Waals surface area contributed by atoms with Crippen molar-refractivity contribution in [3.8, 4) is 0 Å². The Morgan fingerprint density at radius 2 is 0.868 bits per heavy atom. The fourth-order valence-electron chi connectivity index (χ4n) is 7.20. The van der Waals surface area contributed by atoms with Crippen LogP contribution in [0.3, 0.4) is 0 Å². The number of carbonyl (C=O) groups excluding carboxylic acids is 1. The van der Waals surface area contributed by atoms with E-state index in [9.17, 15) is 19.4 Å². The summed E-state index contributed by atoms with van der Waals surface area (Å²) in [4.78, 5) is 22.7. The monoisotopic (exact) mass is 775 g/mol. The number of carbonyl (C=O) groups is 1. The standard InChI is InChI=1S/C44H91N2O6P/c1-3-5-7-9-11-13-14-15-16-17-18-19-20-21-22-23-24-25-26-27-28-30-32-34-36-38-44(48)46-42(41-52-53(49,50)51-40-39-45)43(47)37-35-33-31-29-12-10-8-6-4-2/h42-43,47H,3-41,45H2,1-2H3,(H,46,48)(H,49,50)/t42-,43+/m0/s1. The predicted octanol–water partition coefficient (Wildman–Crippen LogP) is 13.0. The molecule has 0 spiro atoms. The molecule has 0 fully saturated rings. The number of amides is 1. The third-order valence-corrected chi connectivity index (χ3v) is 11.7. The van der Waals surface area contributed by atoms with Crippen molar-refractivity contribution in [3.05, 3.63) is 0 Å². The van der Waals surface area contributed by atoms with Gasteiger partial charge in [-0.1, -0.05) is 226 Å². The van der Waals surface area contributed by atoms with Crippen molar-refractivity contribution in [1.29, 1.82) is 0 Å². The molecule has 0 heterocycles. The highest BCUT2D eigenvalue weighted by Gasteiger charge is 2.27. The van der Waals surface area contributed by atoms with E-state index in [0.29, 0.717) is 12.8 Å². The number of aliphatic hydroxyl groups excluding tert-OH is 1. The maximum Gasteiger partial charge on any atom is 0.472 e. The summed E-state index contributed by atoms with van der Waals surface area (Å²) in [6.07, 6.45) is 44.2. The lowest BCUT2D eigenvalue weighted by Gasteiger charge is -2.25. The van der Waals surface area contributed by atoms with Crippen LogP contribution in [-0.4, -0.2) is 47.8 Å². The zero-order valence-electron chi connectivity index (χ0n) is 35.3. The van der Waals surface area contributed by atoms with Crippen LogP contribution in [0.25, 0.3) is 0 Å². The SMILES string of the molecule is CCCCCCCCCCCCCCCCCCCCCCCCCCCC(=O)N[C@@H](COP(=O)(O)OCCN)[C@H](O)CCCCCCCCCCC. The van der Waals surface area contributed by atoms with Gasteiger partial charge in [0, 0.05) is 13.0 Å². The van der Waals surface area contributed by atoms with Gasteiger partial charge >= 0.3 is 7.82 Å². The molecule has 0 aromatic heterocycles. The van der Waals surface area contributed by atoms with E-state index in [1.807, 2.05) is 0 Å². The van der Waals surface area contributed by atoms with Crippen LogP contribution in [0.5, 0.6) is 0 Å². The van der Waals surface area contributed by atoms with Crippen LogP contribution in [0.1, 0.15) is 245 Å². The Balaban J connectivity index is 3.88. The topological polar surface area (TPSA) is 131 Å². The van der Waals surface area contributed by atoms with Crippen LogP contribution in [0.2, 0.25) is 0 Å². The third kappa shape index (κ3) is 39.5. The smallest absolute Gasteiger partial charge is 0.391 e. The quantitative estimate of drug-likeness (QED) is 0.0358. The zero-order valence-corrected chi connectivity index (χ0v) is 36.2. The summed E-state index contributed by atoms with van der Waals surface area (Å²) in [6.45, 7) is 4.21. The number of nitrogens with two attached hydrogens (primary N) is 1. The van der Waals surface area contributed by atoms with Gasteiger partial charge in [0.15, 0.2) is 0 Å². The lowest BCUT2D eigenvalue weighted by atomic mass is 10.0. The molecule has 1 amide bonds. The summed E-state index contributed by atoms with van der Waals surface area (Å²) in [5.41, 5.74) is 5.37. The zero-order chi connectivity index (χ0) is 38.9. The Morgan fingerprint density at radius 3 is 1.21 bits per heavy atom. The number of hydrogen-bond acceptors (Lipinski definition) is 6. The normalized spacial score (nSPS) is 14.0. The second kappa shape index (κ2) is 41.1. The summed E-state index contributed by atoms with van der Waals surface area (Å²) >= 11 is 0. The van der Waals surface area contributed by atoms with Gasteiger partial charge in [0.05, 0.1) is 25.4 Å². The molecule has 0 aliphatic carbocycles. The van der Waals surface area contributed by atoms with Gasteiger partial charge in [-0.15, -0.1) is 0 Å². The first-order chi connectivity index (χ1) is 25.9. The maximum atomic E-state index is 12.8. The first-order valence-electron chi connectivity index (χ1n) is 23.2. The van der Waals surface area contributed by atoms with Gasteiger partial charge in [0.2, 0.25) is 5.91 Å². The van der Waals surface area contributed by atoms with E-state index >= 15 is 0 Å². The van der Waals surface area contributed by atoms with Crippen LogP contribution in [-0.2, 0) is 18.4 Å². The molecule has 0 aromatic rings. The van der Waals surface area contributed by atoms with Gasteiger partial charge in [-0.3, -0.25) is 13.8 Å². The number of phosphoric acid groups is 1. The van der Waals surface area contributed by atoms with Crippen molar-refractivity contribution in [2.45, 2.75) is 257 Å². The van der Waals surface area contributed by atoms with Gasteiger partial charge in [0.1, 0.15) is 0 Å². The van der Waals surface area contributed by atoms with E-state index in [0.717, 1.165) is 38.5 Å². The highest BCUT2D eigenvalue weighted by Crippen LogP contribution is 2.43. The van der Waals surface area contributed by atoms with Gasteiger partial charge in [-0.05, 0) is 12.8 Å². The highest BCUT2D eigenvalue weighted by atomic mass is 31.2. The molecule has 0 saturated heterocycles. The van der Waals surface area contributed by atoms with Crippen LogP contribution in [0.4, 0.5) is 0 Å². The molecule has 0 aliphatic heterocycles. The lowest BCUT2D eigenvalue weighted by molar-refractivity contribution is -0.123. The molecular formula is C44H91N2O6P. The van der Waals surface area contributed by atoms with Crippen molar-refractivity contribution in [1.82, 2.24) is 5.32 Å². The van der Waals surface area contributed by atoms with E-state index in [1.54, 1.807) is 0 Å². The molecule has 0 bridgehead atoms. The molecule has 0 aliphatic rings. The summed E-state index contributed by atoms with van der Waals surface area (Å²) in [7, 11) is -4.30. The van der Waals surface area contributed by atoms with E-state index in [4.69, 9.17) is 14.8 Å². The molecule has 5 N–H and O–H groups in total. The Labute approximate surface area is 329 Å². The third-order valence-electron chi connectivity index (χ3n) is 10.7. The Hall–Kier alpha value is -0.500. The number of unbranched alkanes of at least 4 members (excludes halogenated alkanes) is 32. The molecule has 3 atom stereocenters. The second-order valence-corrected chi connectivity index (χ2v) is 17.4. The second-order valence-electron chi connectivity index (χ2n) is 16.0. The molecular weight excluding hydrogens is 683 g/mol. The van der Waals surface area contributed by atoms with Crippen LogP contribution in [0, 0.1) is 0 Å². The minimum Gasteiger partial charge on any atom is -0.391 e. The van der Waals surface area contributed by atoms with E-state index < -0.39 is 20.0 Å². The molecule has 318 valence electrons. The molecule has 53 heavy (non-hydrogen) atoms. The lowest BCUT2D eigenvalue weighted by Crippen LogP contribution is -2.46. The van der Waals surface area contributed by atoms with Gasteiger partial charge in [0.25, 0.3) is 0 Å². The first kappa shape index (κ1) is 52.5. The molecule has 0 radical (unpaired) electrons.